The van der Waals surface area contributed by atoms with Crippen LogP contribution in [0.25, 0.3) is 0 Å². The Kier molecular flexibility index (Phi) is 6.58. The first-order valence-electron chi connectivity index (χ1n) is 9.53. The molecule has 1 saturated heterocycles. The molecule has 0 bridgehead atoms. The molecule has 1 fully saturated rings. The van der Waals surface area contributed by atoms with E-state index < -0.39 is 0 Å². The maximum atomic E-state index is 12.8. The van der Waals surface area contributed by atoms with Gasteiger partial charge in [0.2, 0.25) is 0 Å². The molecule has 0 radical (unpaired) electrons. The SMILES string of the molecule is CCOc1ccc(C(=O)N2CCCCC2)cc1COc1cccc(OC)c1. The summed E-state index contributed by atoms with van der Waals surface area (Å²) in [5.41, 5.74) is 1.55. The highest BCUT2D eigenvalue weighted by Crippen LogP contribution is 2.25. The molecule has 2 aromatic rings. The number of piperidine rings is 1. The van der Waals surface area contributed by atoms with Crippen molar-refractivity contribution in [1.29, 1.82) is 0 Å². The predicted octanol–water partition coefficient (Wildman–Crippen LogP) is 4.30. The molecule has 3 rings (SSSR count). The molecule has 0 atom stereocenters. The molecule has 27 heavy (non-hydrogen) atoms. The summed E-state index contributed by atoms with van der Waals surface area (Å²) in [6, 6.07) is 13.1. The number of hydrogen-bond acceptors (Lipinski definition) is 4. The van der Waals surface area contributed by atoms with Gasteiger partial charge in [0.1, 0.15) is 23.9 Å². The molecule has 0 aromatic heterocycles. The summed E-state index contributed by atoms with van der Waals surface area (Å²) < 4.78 is 16.9. The van der Waals surface area contributed by atoms with Gasteiger partial charge < -0.3 is 19.1 Å². The van der Waals surface area contributed by atoms with Gasteiger partial charge in [0.15, 0.2) is 0 Å². The summed E-state index contributed by atoms with van der Waals surface area (Å²) in [5.74, 6) is 2.28. The fourth-order valence-electron chi connectivity index (χ4n) is 3.25. The lowest BCUT2D eigenvalue weighted by Crippen LogP contribution is -2.35. The summed E-state index contributed by atoms with van der Waals surface area (Å²) in [5, 5.41) is 0. The number of likely N-dealkylation sites (tertiary alicyclic amines) is 1. The zero-order chi connectivity index (χ0) is 19.1. The topological polar surface area (TPSA) is 48.0 Å². The van der Waals surface area contributed by atoms with Crippen molar-refractivity contribution in [2.45, 2.75) is 32.8 Å². The van der Waals surface area contributed by atoms with Crippen LogP contribution in [-0.2, 0) is 6.61 Å². The third-order valence-corrected chi connectivity index (χ3v) is 4.69. The molecule has 0 unspecified atom stereocenters. The standard InChI is InChI=1S/C22H27NO4/c1-3-26-21-11-10-17(22(24)23-12-5-4-6-13-23)14-18(21)16-27-20-9-7-8-19(15-20)25-2/h7-11,14-15H,3-6,12-13,16H2,1-2H3. The molecular formula is C22H27NO4. The van der Waals surface area contributed by atoms with Gasteiger partial charge in [-0.3, -0.25) is 4.79 Å². The van der Waals surface area contributed by atoms with Gasteiger partial charge in [-0.1, -0.05) is 6.07 Å². The number of benzene rings is 2. The summed E-state index contributed by atoms with van der Waals surface area (Å²) in [7, 11) is 1.63. The average Bonchev–Trinajstić information content (AvgIpc) is 2.73. The van der Waals surface area contributed by atoms with Gasteiger partial charge in [0.05, 0.1) is 13.7 Å². The van der Waals surface area contributed by atoms with Crippen LogP contribution in [0, 0.1) is 0 Å². The smallest absolute Gasteiger partial charge is 0.253 e. The zero-order valence-corrected chi connectivity index (χ0v) is 16.1. The molecule has 5 heteroatoms. The van der Waals surface area contributed by atoms with E-state index in [2.05, 4.69) is 0 Å². The van der Waals surface area contributed by atoms with Crippen molar-refractivity contribution in [3.05, 3.63) is 53.6 Å². The monoisotopic (exact) mass is 369 g/mol. The number of carbonyl (C=O) groups excluding carboxylic acids is 1. The Bertz CT molecular complexity index is 769. The quantitative estimate of drug-likeness (QED) is 0.730. The summed E-state index contributed by atoms with van der Waals surface area (Å²) >= 11 is 0. The lowest BCUT2D eigenvalue weighted by Gasteiger charge is -2.27. The maximum Gasteiger partial charge on any atom is 0.253 e. The Morgan fingerprint density at radius 1 is 1.00 bits per heavy atom. The first-order valence-corrected chi connectivity index (χ1v) is 9.53. The largest absolute Gasteiger partial charge is 0.497 e. The van der Waals surface area contributed by atoms with Crippen molar-refractivity contribution >= 4 is 5.91 Å². The minimum Gasteiger partial charge on any atom is -0.497 e. The first-order chi connectivity index (χ1) is 13.2. The number of ether oxygens (including phenoxy) is 3. The summed E-state index contributed by atoms with van der Waals surface area (Å²) in [6.07, 6.45) is 3.36. The molecular weight excluding hydrogens is 342 g/mol. The van der Waals surface area contributed by atoms with Crippen molar-refractivity contribution in [2.24, 2.45) is 0 Å². The lowest BCUT2D eigenvalue weighted by molar-refractivity contribution is 0.0724. The third kappa shape index (κ3) is 4.94. The van der Waals surface area contributed by atoms with E-state index in [0.717, 1.165) is 43.0 Å². The maximum absolute atomic E-state index is 12.8. The fraction of sp³-hybridized carbons (Fsp3) is 0.409. The zero-order valence-electron chi connectivity index (χ0n) is 16.1. The second kappa shape index (κ2) is 9.31. The average molecular weight is 369 g/mol. The molecule has 1 heterocycles. The minimum atomic E-state index is 0.0837. The predicted molar refractivity (Wildman–Crippen MR) is 105 cm³/mol. The number of rotatable bonds is 7. The third-order valence-electron chi connectivity index (χ3n) is 4.69. The number of hydrogen-bond donors (Lipinski definition) is 0. The Hall–Kier alpha value is -2.69. The highest BCUT2D eigenvalue weighted by atomic mass is 16.5. The Morgan fingerprint density at radius 3 is 2.52 bits per heavy atom. The van der Waals surface area contributed by atoms with Gasteiger partial charge in [0.25, 0.3) is 5.91 Å². The molecule has 2 aromatic carbocycles. The minimum absolute atomic E-state index is 0.0837. The van der Waals surface area contributed by atoms with Crippen LogP contribution in [0.15, 0.2) is 42.5 Å². The lowest BCUT2D eigenvalue weighted by atomic mass is 10.1. The van der Waals surface area contributed by atoms with Gasteiger partial charge in [-0.2, -0.15) is 0 Å². The van der Waals surface area contributed by atoms with E-state index in [4.69, 9.17) is 14.2 Å². The normalized spacial score (nSPS) is 13.9. The van der Waals surface area contributed by atoms with Crippen molar-refractivity contribution in [3.8, 4) is 17.2 Å². The second-order valence-electron chi connectivity index (χ2n) is 6.58. The number of amides is 1. The van der Waals surface area contributed by atoms with E-state index in [-0.39, 0.29) is 5.91 Å². The van der Waals surface area contributed by atoms with Crippen LogP contribution < -0.4 is 14.2 Å². The Morgan fingerprint density at radius 2 is 1.78 bits per heavy atom. The van der Waals surface area contributed by atoms with Gasteiger partial charge in [-0.05, 0) is 56.5 Å². The number of methoxy groups -OCH3 is 1. The highest BCUT2D eigenvalue weighted by Gasteiger charge is 2.19. The highest BCUT2D eigenvalue weighted by molar-refractivity contribution is 5.94. The first kappa shape index (κ1) is 19.1. The summed E-state index contributed by atoms with van der Waals surface area (Å²) in [6.45, 7) is 4.50. The number of carbonyl (C=O) groups is 1. The van der Waals surface area contributed by atoms with Crippen molar-refractivity contribution < 1.29 is 19.0 Å². The van der Waals surface area contributed by atoms with E-state index in [0.29, 0.717) is 24.5 Å². The molecule has 1 aliphatic rings. The number of nitrogens with zero attached hydrogens (tertiary/aromatic N) is 1. The molecule has 0 aliphatic carbocycles. The van der Waals surface area contributed by atoms with Crippen LogP contribution in [0.1, 0.15) is 42.1 Å². The van der Waals surface area contributed by atoms with Crippen LogP contribution in [-0.4, -0.2) is 37.6 Å². The van der Waals surface area contributed by atoms with Crippen molar-refractivity contribution in [1.82, 2.24) is 4.90 Å². The van der Waals surface area contributed by atoms with Crippen LogP contribution in [0.4, 0.5) is 0 Å². The van der Waals surface area contributed by atoms with Gasteiger partial charge >= 0.3 is 0 Å². The van der Waals surface area contributed by atoms with Crippen LogP contribution in [0.3, 0.4) is 0 Å². The van der Waals surface area contributed by atoms with Gasteiger partial charge in [-0.15, -0.1) is 0 Å². The van der Waals surface area contributed by atoms with E-state index in [1.165, 1.54) is 6.42 Å². The molecule has 5 nitrogen and oxygen atoms in total. The van der Waals surface area contributed by atoms with E-state index in [1.54, 1.807) is 7.11 Å². The van der Waals surface area contributed by atoms with Gasteiger partial charge in [-0.25, -0.2) is 0 Å². The second-order valence-corrected chi connectivity index (χ2v) is 6.58. The molecule has 0 N–H and O–H groups in total. The Labute approximate surface area is 160 Å². The fourth-order valence-corrected chi connectivity index (χ4v) is 3.25. The van der Waals surface area contributed by atoms with Crippen LogP contribution in [0.5, 0.6) is 17.2 Å². The molecule has 0 spiro atoms. The van der Waals surface area contributed by atoms with Crippen molar-refractivity contribution in [2.75, 3.05) is 26.8 Å². The van der Waals surface area contributed by atoms with Gasteiger partial charge in [0, 0.05) is 30.3 Å². The van der Waals surface area contributed by atoms with Crippen LogP contribution >= 0.6 is 0 Å². The molecule has 1 amide bonds. The summed E-state index contributed by atoms with van der Waals surface area (Å²) in [4.78, 5) is 14.7. The molecule has 1 aliphatic heterocycles. The molecule has 0 saturated carbocycles. The van der Waals surface area contributed by atoms with Crippen LogP contribution in [0.2, 0.25) is 0 Å². The van der Waals surface area contributed by atoms with Crippen molar-refractivity contribution in [3.63, 3.8) is 0 Å². The van der Waals surface area contributed by atoms with E-state index >= 15 is 0 Å². The van der Waals surface area contributed by atoms with E-state index in [1.807, 2.05) is 54.3 Å². The Balaban J connectivity index is 1.77. The molecule has 144 valence electrons. The van der Waals surface area contributed by atoms with E-state index in [9.17, 15) is 4.79 Å².